The highest BCUT2D eigenvalue weighted by Gasteiger charge is 2.53. The van der Waals surface area contributed by atoms with Crippen LogP contribution in [0.2, 0.25) is 0 Å². The van der Waals surface area contributed by atoms with E-state index in [1.165, 1.54) is 5.56 Å². The summed E-state index contributed by atoms with van der Waals surface area (Å²) in [4.78, 5) is 28.3. The standard InChI is InChI=1S/C31H31N3O2/c1-24-12-11-23-34(24,31(36)32-28-17-7-8-18-29(28)33-21-9-10-22-33)30(35)27-16-6-5-15-26(27)20-19-25-13-3-2-4-14-25/h2-10,13-18,21-22,24H,11-12,19-20,23H2,1H3/p+1/t24-,34?/m1/s1. The van der Waals surface area contributed by atoms with Crippen LogP contribution >= 0.6 is 0 Å². The number of quaternary nitrogens is 1. The van der Waals surface area contributed by atoms with Gasteiger partial charge in [0.25, 0.3) is 0 Å². The number of aryl methyl sites for hydroxylation is 2. The fourth-order valence-corrected chi connectivity index (χ4v) is 5.37. The number of likely N-dealkylation sites (tertiary alicyclic amines) is 1. The van der Waals surface area contributed by atoms with Gasteiger partial charge in [-0.1, -0.05) is 60.7 Å². The van der Waals surface area contributed by atoms with Gasteiger partial charge in [0.05, 0.1) is 23.5 Å². The highest BCUT2D eigenvalue weighted by Crippen LogP contribution is 2.33. The van der Waals surface area contributed by atoms with Crippen molar-refractivity contribution >= 4 is 17.6 Å². The number of aromatic nitrogens is 1. The average Bonchev–Trinajstić information content (AvgIpc) is 3.59. The number of urea groups is 1. The third kappa shape index (κ3) is 4.50. The molecule has 5 nitrogen and oxygen atoms in total. The molecule has 0 radical (unpaired) electrons. The number of nitrogens with zero attached hydrogens (tertiary/aromatic N) is 2. The molecular formula is C31H32N3O2+. The summed E-state index contributed by atoms with van der Waals surface area (Å²) in [6, 6.07) is 29.3. The quantitative estimate of drug-likeness (QED) is 0.316. The SMILES string of the molecule is C[C@@H]1CCC[N+]1(C(=O)Nc1ccccc1-n1cccc1)C(=O)c1ccccc1CCc1ccccc1. The zero-order valence-corrected chi connectivity index (χ0v) is 20.6. The number of para-hydroxylation sites is 2. The zero-order valence-electron chi connectivity index (χ0n) is 20.6. The maximum atomic E-state index is 14.3. The monoisotopic (exact) mass is 478 g/mol. The van der Waals surface area contributed by atoms with Crippen LogP contribution in [0.3, 0.4) is 0 Å². The molecule has 1 aromatic heterocycles. The summed E-state index contributed by atoms with van der Waals surface area (Å²) in [6.07, 6.45) is 7.16. The van der Waals surface area contributed by atoms with Crippen molar-refractivity contribution in [3.63, 3.8) is 0 Å². The van der Waals surface area contributed by atoms with Crippen molar-refractivity contribution in [2.24, 2.45) is 0 Å². The lowest BCUT2D eigenvalue weighted by atomic mass is 9.98. The molecule has 0 saturated carbocycles. The van der Waals surface area contributed by atoms with Crippen molar-refractivity contribution in [2.75, 3.05) is 11.9 Å². The van der Waals surface area contributed by atoms with E-state index < -0.39 is 0 Å². The van der Waals surface area contributed by atoms with Crippen LogP contribution < -0.4 is 5.32 Å². The van der Waals surface area contributed by atoms with Crippen LogP contribution in [0.5, 0.6) is 0 Å². The first-order valence-electron chi connectivity index (χ1n) is 12.7. The molecule has 1 saturated heterocycles. The Balaban J connectivity index is 1.46. The first-order valence-corrected chi connectivity index (χ1v) is 12.7. The van der Waals surface area contributed by atoms with Gasteiger partial charge in [0, 0.05) is 25.2 Å². The van der Waals surface area contributed by atoms with Gasteiger partial charge in [-0.15, -0.1) is 0 Å². The molecule has 1 fully saturated rings. The van der Waals surface area contributed by atoms with Gasteiger partial charge in [-0.05, 0) is 61.2 Å². The second-order valence-electron chi connectivity index (χ2n) is 9.57. The van der Waals surface area contributed by atoms with E-state index >= 15 is 0 Å². The van der Waals surface area contributed by atoms with Crippen LogP contribution in [0.25, 0.3) is 5.69 Å². The lowest BCUT2D eigenvalue weighted by molar-refractivity contribution is -0.775. The summed E-state index contributed by atoms with van der Waals surface area (Å²) in [5.41, 5.74) is 4.44. The Bertz CT molecular complexity index is 1350. The molecular weight excluding hydrogens is 446 g/mol. The summed E-state index contributed by atoms with van der Waals surface area (Å²) in [5, 5.41) is 3.13. The molecule has 3 aromatic carbocycles. The van der Waals surface area contributed by atoms with E-state index in [0.717, 1.165) is 36.9 Å². The third-order valence-corrected chi connectivity index (χ3v) is 7.41. The average molecular weight is 479 g/mol. The molecule has 4 aromatic rings. The summed E-state index contributed by atoms with van der Waals surface area (Å²) in [6.45, 7) is 2.53. The van der Waals surface area contributed by atoms with Crippen molar-refractivity contribution in [1.29, 1.82) is 0 Å². The van der Waals surface area contributed by atoms with Crippen molar-refractivity contribution < 1.29 is 14.1 Å². The molecule has 0 bridgehead atoms. The van der Waals surface area contributed by atoms with Gasteiger partial charge >= 0.3 is 11.9 Å². The molecule has 1 aliphatic heterocycles. The Kier molecular flexibility index (Phi) is 6.83. The highest BCUT2D eigenvalue weighted by atomic mass is 16.2. The van der Waals surface area contributed by atoms with Crippen molar-refractivity contribution in [1.82, 2.24) is 4.57 Å². The summed E-state index contributed by atoms with van der Waals surface area (Å²) < 4.78 is 1.76. The number of hydrogen-bond acceptors (Lipinski definition) is 2. The van der Waals surface area contributed by atoms with Crippen molar-refractivity contribution in [2.45, 2.75) is 38.6 Å². The zero-order chi connectivity index (χ0) is 25.0. The highest BCUT2D eigenvalue weighted by molar-refractivity contribution is 6.01. The Labute approximate surface area is 212 Å². The molecule has 182 valence electrons. The molecule has 3 amide bonds. The van der Waals surface area contributed by atoms with Crippen LogP contribution in [0.15, 0.2) is 103 Å². The maximum Gasteiger partial charge on any atom is 0.429 e. The number of amides is 3. The number of hydrogen-bond donors (Lipinski definition) is 1. The number of anilines is 1. The fourth-order valence-electron chi connectivity index (χ4n) is 5.37. The molecule has 0 spiro atoms. The van der Waals surface area contributed by atoms with E-state index in [9.17, 15) is 9.59 Å². The minimum atomic E-state index is -0.262. The van der Waals surface area contributed by atoms with Crippen molar-refractivity contribution in [3.05, 3.63) is 120 Å². The second kappa shape index (κ2) is 10.3. The van der Waals surface area contributed by atoms with Crippen LogP contribution in [0, 0.1) is 0 Å². The van der Waals surface area contributed by atoms with E-state index in [-0.39, 0.29) is 22.5 Å². The molecule has 1 unspecified atom stereocenters. The lowest BCUT2D eigenvalue weighted by Gasteiger charge is -2.33. The van der Waals surface area contributed by atoms with Gasteiger partial charge < -0.3 is 4.57 Å². The lowest BCUT2D eigenvalue weighted by Crippen LogP contribution is -2.61. The number of nitrogens with one attached hydrogen (secondary N) is 1. The topological polar surface area (TPSA) is 51.1 Å². The molecule has 1 N–H and O–H groups in total. The summed E-state index contributed by atoms with van der Waals surface area (Å²) >= 11 is 0. The molecule has 5 heteroatoms. The van der Waals surface area contributed by atoms with Gasteiger partial charge in [0.1, 0.15) is 6.04 Å². The fraction of sp³-hybridized carbons (Fsp3) is 0.226. The number of benzene rings is 3. The predicted octanol–water partition coefficient (Wildman–Crippen LogP) is 6.63. The molecule has 5 rings (SSSR count). The predicted molar refractivity (Wildman–Crippen MR) is 143 cm³/mol. The van der Waals surface area contributed by atoms with Gasteiger partial charge in [-0.25, -0.2) is 9.59 Å². The molecule has 36 heavy (non-hydrogen) atoms. The van der Waals surface area contributed by atoms with E-state index in [1.807, 2.05) is 103 Å². The van der Waals surface area contributed by atoms with Crippen LogP contribution in [-0.2, 0) is 12.8 Å². The summed E-state index contributed by atoms with van der Waals surface area (Å²) in [5.74, 6) is -0.111. The largest absolute Gasteiger partial charge is 0.429 e. The van der Waals surface area contributed by atoms with E-state index in [4.69, 9.17) is 0 Å². The van der Waals surface area contributed by atoms with E-state index in [1.54, 1.807) is 0 Å². The van der Waals surface area contributed by atoms with Crippen LogP contribution in [0.1, 0.15) is 41.3 Å². The first-order chi connectivity index (χ1) is 17.6. The molecule has 1 aliphatic rings. The van der Waals surface area contributed by atoms with E-state index in [0.29, 0.717) is 17.8 Å². The Morgan fingerprint density at radius 1 is 0.861 bits per heavy atom. The molecule has 2 heterocycles. The van der Waals surface area contributed by atoms with Gasteiger partial charge in [0.15, 0.2) is 0 Å². The first kappa shape index (κ1) is 23.8. The Hall–Kier alpha value is -3.96. The second-order valence-corrected chi connectivity index (χ2v) is 9.57. The van der Waals surface area contributed by atoms with Gasteiger partial charge in [-0.3, -0.25) is 5.32 Å². The van der Waals surface area contributed by atoms with E-state index in [2.05, 4.69) is 17.4 Å². The van der Waals surface area contributed by atoms with Crippen LogP contribution in [-0.4, -0.2) is 33.6 Å². The van der Waals surface area contributed by atoms with Gasteiger partial charge in [0.2, 0.25) is 0 Å². The minimum Gasteiger partial charge on any atom is -0.322 e. The number of imide groups is 1. The number of carbonyl (C=O) groups excluding carboxylic acids is 2. The Morgan fingerprint density at radius 3 is 2.31 bits per heavy atom. The smallest absolute Gasteiger partial charge is 0.322 e. The number of rotatable bonds is 6. The van der Waals surface area contributed by atoms with Gasteiger partial charge in [-0.2, -0.15) is 4.48 Å². The third-order valence-electron chi connectivity index (χ3n) is 7.41. The maximum absolute atomic E-state index is 14.3. The summed E-state index contributed by atoms with van der Waals surface area (Å²) in [7, 11) is 0. The normalized spacial score (nSPS) is 19.2. The van der Waals surface area contributed by atoms with Crippen LogP contribution in [0.4, 0.5) is 10.5 Å². The van der Waals surface area contributed by atoms with Crippen molar-refractivity contribution in [3.8, 4) is 5.69 Å². The Morgan fingerprint density at radius 2 is 1.56 bits per heavy atom. The minimum absolute atomic E-state index is 0.0987. The molecule has 0 aliphatic carbocycles. The number of carbonyl (C=O) groups is 2. The molecule has 2 atom stereocenters.